The Labute approximate surface area is 116 Å². The lowest BCUT2D eigenvalue weighted by Crippen LogP contribution is -2.34. The highest BCUT2D eigenvalue weighted by Gasteiger charge is 2.13. The molecule has 0 radical (unpaired) electrons. The van der Waals surface area contributed by atoms with Gasteiger partial charge in [0.1, 0.15) is 0 Å². The zero-order valence-electron chi connectivity index (χ0n) is 10.4. The van der Waals surface area contributed by atoms with Gasteiger partial charge in [-0.3, -0.25) is 4.79 Å². The first-order valence-corrected chi connectivity index (χ1v) is 7.32. The molecular weight excluding hydrogens is 292 g/mol. The Balaban J connectivity index is 1.74. The van der Waals surface area contributed by atoms with Crippen LogP contribution in [0.15, 0.2) is 28.7 Å². The molecule has 1 fully saturated rings. The third kappa shape index (κ3) is 4.42. The molecule has 0 bridgehead atoms. The highest BCUT2D eigenvalue weighted by Crippen LogP contribution is 2.17. The van der Waals surface area contributed by atoms with E-state index in [1.807, 2.05) is 24.3 Å². The van der Waals surface area contributed by atoms with Crippen LogP contribution in [-0.4, -0.2) is 18.5 Å². The molecule has 1 amide bonds. The number of halogens is 1. The Hall–Kier alpha value is -0.870. The normalized spacial score (nSPS) is 19.5. The summed E-state index contributed by atoms with van der Waals surface area (Å²) in [6.45, 7) is 1.10. The maximum Gasteiger partial charge on any atom is 0.224 e. The molecule has 98 valence electrons. The highest BCUT2D eigenvalue weighted by molar-refractivity contribution is 9.10. The Morgan fingerprint density at radius 3 is 3.06 bits per heavy atom. The van der Waals surface area contributed by atoms with Gasteiger partial charge in [0.15, 0.2) is 0 Å². The van der Waals surface area contributed by atoms with Gasteiger partial charge < -0.3 is 10.6 Å². The van der Waals surface area contributed by atoms with E-state index in [0.29, 0.717) is 12.5 Å². The summed E-state index contributed by atoms with van der Waals surface area (Å²) in [4.78, 5) is 11.8. The molecule has 0 aromatic heterocycles. The van der Waals surface area contributed by atoms with Gasteiger partial charge in [0.25, 0.3) is 0 Å². The van der Waals surface area contributed by atoms with Crippen LogP contribution in [0, 0.1) is 0 Å². The van der Waals surface area contributed by atoms with Crippen molar-refractivity contribution in [3.8, 4) is 0 Å². The van der Waals surface area contributed by atoms with Gasteiger partial charge in [-0.2, -0.15) is 0 Å². The fourth-order valence-electron chi connectivity index (χ4n) is 2.27. The topological polar surface area (TPSA) is 41.1 Å². The minimum atomic E-state index is 0.0977. The van der Waals surface area contributed by atoms with Crippen LogP contribution in [-0.2, 0) is 4.79 Å². The Kier molecular flexibility index (Phi) is 5.20. The smallest absolute Gasteiger partial charge is 0.224 e. The molecule has 2 rings (SSSR count). The predicted molar refractivity (Wildman–Crippen MR) is 77.6 cm³/mol. The van der Waals surface area contributed by atoms with Crippen molar-refractivity contribution in [3.05, 3.63) is 28.7 Å². The van der Waals surface area contributed by atoms with Crippen LogP contribution in [0.5, 0.6) is 0 Å². The lowest BCUT2D eigenvalue weighted by molar-refractivity contribution is -0.116. The summed E-state index contributed by atoms with van der Waals surface area (Å²) in [5.74, 6) is 0.0977. The van der Waals surface area contributed by atoms with Crippen molar-refractivity contribution in [2.24, 2.45) is 0 Å². The van der Waals surface area contributed by atoms with Crippen molar-refractivity contribution in [2.45, 2.75) is 38.1 Å². The standard InChI is InChI=1S/C14H19BrN2O/c15-11-4-3-6-13(10-11)17-14(18)8-7-12-5-1-2-9-16-12/h3-4,6,10,12,16H,1-2,5,7-9H2,(H,17,18). The second-order valence-electron chi connectivity index (χ2n) is 4.74. The Morgan fingerprint density at radius 1 is 1.44 bits per heavy atom. The Morgan fingerprint density at radius 2 is 2.33 bits per heavy atom. The zero-order chi connectivity index (χ0) is 12.8. The van der Waals surface area contributed by atoms with Gasteiger partial charge in [0.05, 0.1) is 0 Å². The van der Waals surface area contributed by atoms with Gasteiger partial charge in [-0.1, -0.05) is 28.4 Å². The molecule has 1 aliphatic heterocycles. The van der Waals surface area contributed by atoms with Gasteiger partial charge in [-0.25, -0.2) is 0 Å². The first-order valence-electron chi connectivity index (χ1n) is 6.53. The first kappa shape index (κ1) is 13.6. The molecule has 1 aromatic rings. The number of hydrogen-bond acceptors (Lipinski definition) is 2. The van der Waals surface area contributed by atoms with Crippen molar-refractivity contribution < 1.29 is 4.79 Å². The number of carbonyl (C=O) groups excluding carboxylic acids is 1. The second-order valence-corrected chi connectivity index (χ2v) is 5.66. The summed E-state index contributed by atoms with van der Waals surface area (Å²) in [6.07, 6.45) is 5.26. The molecule has 18 heavy (non-hydrogen) atoms. The van der Waals surface area contributed by atoms with E-state index >= 15 is 0 Å². The molecule has 1 atom stereocenters. The summed E-state index contributed by atoms with van der Waals surface area (Å²) in [7, 11) is 0. The Bertz CT molecular complexity index is 403. The summed E-state index contributed by atoms with van der Waals surface area (Å²) >= 11 is 3.39. The van der Waals surface area contributed by atoms with E-state index in [-0.39, 0.29) is 5.91 Å². The number of nitrogens with one attached hydrogen (secondary N) is 2. The molecule has 1 heterocycles. The number of rotatable bonds is 4. The summed E-state index contributed by atoms with van der Waals surface area (Å²) in [6, 6.07) is 8.20. The average molecular weight is 311 g/mol. The van der Waals surface area contributed by atoms with Crippen LogP contribution in [0.25, 0.3) is 0 Å². The van der Waals surface area contributed by atoms with Gasteiger partial charge in [0.2, 0.25) is 5.91 Å². The van der Waals surface area contributed by atoms with Gasteiger partial charge in [0, 0.05) is 22.6 Å². The molecular formula is C14H19BrN2O. The number of benzene rings is 1. The van der Waals surface area contributed by atoms with Crippen molar-refractivity contribution in [1.82, 2.24) is 5.32 Å². The van der Waals surface area contributed by atoms with E-state index in [4.69, 9.17) is 0 Å². The van der Waals surface area contributed by atoms with Gasteiger partial charge in [-0.15, -0.1) is 0 Å². The lowest BCUT2D eigenvalue weighted by Gasteiger charge is -2.23. The third-order valence-corrected chi connectivity index (χ3v) is 3.73. The first-order chi connectivity index (χ1) is 8.74. The highest BCUT2D eigenvalue weighted by atomic mass is 79.9. The third-order valence-electron chi connectivity index (χ3n) is 3.24. The van der Waals surface area contributed by atoms with Crippen LogP contribution < -0.4 is 10.6 Å². The molecule has 1 unspecified atom stereocenters. The maximum absolute atomic E-state index is 11.8. The van der Waals surface area contributed by atoms with Crippen LogP contribution in [0.4, 0.5) is 5.69 Å². The van der Waals surface area contributed by atoms with E-state index in [1.165, 1.54) is 19.3 Å². The van der Waals surface area contributed by atoms with Gasteiger partial charge >= 0.3 is 0 Å². The zero-order valence-corrected chi connectivity index (χ0v) is 12.0. The van der Waals surface area contributed by atoms with Crippen molar-refractivity contribution >= 4 is 27.5 Å². The lowest BCUT2D eigenvalue weighted by atomic mass is 10.0. The van der Waals surface area contributed by atoms with E-state index in [2.05, 4.69) is 26.6 Å². The number of carbonyl (C=O) groups is 1. The molecule has 0 saturated carbocycles. The largest absolute Gasteiger partial charge is 0.326 e. The van der Waals surface area contributed by atoms with Crippen LogP contribution >= 0.6 is 15.9 Å². The SMILES string of the molecule is O=C(CCC1CCCCN1)Nc1cccc(Br)c1. The fourth-order valence-corrected chi connectivity index (χ4v) is 2.66. The maximum atomic E-state index is 11.8. The summed E-state index contributed by atoms with van der Waals surface area (Å²) in [5.41, 5.74) is 0.853. The minimum absolute atomic E-state index is 0.0977. The molecule has 0 spiro atoms. The summed E-state index contributed by atoms with van der Waals surface area (Å²) in [5, 5.41) is 6.39. The summed E-state index contributed by atoms with van der Waals surface area (Å²) < 4.78 is 0.981. The minimum Gasteiger partial charge on any atom is -0.326 e. The van der Waals surface area contributed by atoms with Gasteiger partial charge in [-0.05, 0) is 44.0 Å². The van der Waals surface area contributed by atoms with E-state index in [1.54, 1.807) is 0 Å². The monoisotopic (exact) mass is 310 g/mol. The molecule has 1 aliphatic rings. The second kappa shape index (κ2) is 6.90. The fraction of sp³-hybridized carbons (Fsp3) is 0.500. The molecule has 1 saturated heterocycles. The molecule has 1 aromatic carbocycles. The average Bonchev–Trinajstić information content (AvgIpc) is 2.38. The molecule has 0 aliphatic carbocycles. The number of anilines is 1. The number of hydrogen-bond donors (Lipinski definition) is 2. The van der Waals surface area contributed by atoms with Crippen molar-refractivity contribution in [2.75, 3.05) is 11.9 Å². The number of piperidine rings is 1. The molecule has 3 nitrogen and oxygen atoms in total. The van der Waals surface area contributed by atoms with Crippen molar-refractivity contribution in [3.63, 3.8) is 0 Å². The quantitative estimate of drug-likeness (QED) is 0.896. The van der Waals surface area contributed by atoms with E-state index in [9.17, 15) is 4.79 Å². The molecule has 4 heteroatoms. The van der Waals surface area contributed by atoms with Crippen LogP contribution in [0.1, 0.15) is 32.1 Å². The number of amides is 1. The van der Waals surface area contributed by atoms with Crippen LogP contribution in [0.2, 0.25) is 0 Å². The van der Waals surface area contributed by atoms with E-state index < -0.39 is 0 Å². The molecule has 2 N–H and O–H groups in total. The predicted octanol–water partition coefficient (Wildman–Crippen LogP) is 3.31. The van der Waals surface area contributed by atoms with Crippen molar-refractivity contribution in [1.29, 1.82) is 0 Å². The van der Waals surface area contributed by atoms with E-state index in [0.717, 1.165) is 23.1 Å². The van der Waals surface area contributed by atoms with Crippen LogP contribution in [0.3, 0.4) is 0 Å².